The molecule has 2 amide bonds. The molecule has 1 atom stereocenters. The molecular weight excluding hydrogens is 751 g/mol. The van der Waals surface area contributed by atoms with Crippen molar-refractivity contribution in [3.8, 4) is 17.2 Å². The van der Waals surface area contributed by atoms with Crippen LogP contribution >= 0.6 is 34.4 Å². The molecule has 6 rings (SSSR count). The predicted molar refractivity (Wildman–Crippen MR) is 218 cm³/mol. The molecule has 0 bridgehead atoms. The number of benzene rings is 1. The standard InChI is InChI=1S/C40H47N9O3S3/c1-6-7-32(47(5)38(51)30(21-41)20-35-42-14-19-53-35)28-10-8-27(9-11-28)31-22-45-49(25-31)18-17-48-15-12-29(13-16-48)37(50)46-39-44-24-36(55-39)54-26-34-43-23-33(52-34)40(2,3)4/h8-11,14,19-20,22-25,29,32H,6-7,12-13,15-18,26H2,1-5H3,(H,44,46,50)/b30-20+. The Balaban J connectivity index is 0.947. The Morgan fingerprint density at radius 1 is 1.11 bits per heavy atom. The van der Waals surface area contributed by atoms with E-state index in [1.54, 1.807) is 48.4 Å². The number of hydrogen-bond acceptors (Lipinski definition) is 12. The van der Waals surface area contributed by atoms with Crippen molar-refractivity contribution < 1.29 is 14.0 Å². The van der Waals surface area contributed by atoms with Gasteiger partial charge in [0, 0.05) is 48.3 Å². The minimum atomic E-state index is -0.316. The van der Waals surface area contributed by atoms with Crippen molar-refractivity contribution in [2.75, 3.05) is 32.0 Å². The lowest BCUT2D eigenvalue weighted by Crippen LogP contribution is -2.39. The van der Waals surface area contributed by atoms with Gasteiger partial charge in [-0.1, -0.05) is 69.7 Å². The summed E-state index contributed by atoms with van der Waals surface area (Å²) in [6.07, 6.45) is 14.0. The molecule has 5 heterocycles. The van der Waals surface area contributed by atoms with Gasteiger partial charge in [0.25, 0.3) is 5.91 Å². The van der Waals surface area contributed by atoms with E-state index in [2.05, 4.69) is 94.5 Å². The van der Waals surface area contributed by atoms with E-state index in [1.807, 2.05) is 16.3 Å². The molecule has 1 fully saturated rings. The van der Waals surface area contributed by atoms with E-state index in [9.17, 15) is 14.9 Å². The molecule has 0 saturated carbocycles. The topological polar surface area (TPSA) is 146 Å². The van der Waals surface area contributed by atoms with Gasteiger partial charge < -0.3 is 19.5 Å². The molecule has 1 unspecified atom stereocenters. The highest BCUT2D eigenvalue weighted by molar-refractivity contribution is 8.00. The number of likely N-dealkylation sites (N-methyl/N-ethyl adjacent to an activating group) is 1. The van der Waals surface area contributed by atoms with Gasteiger partial charge in [-0.05, 0) is 49.6 Å². The maximum Gasteiger partial charge on any atom is 0.264 e. The molecule has 1 aliphatic rings. The second kappa shape index (κ2) is 18.3. The monoisotopic (exact) mass is 797 g/mol. The minimum absolute atomic E-state index is 0.0329. The zero-order valence-electron chi connectivity index (χ0n) is 31.9. The first-order valence-corrected chi connectivity index (χ1v) is 21.2. The third-order valence-electron chi connectivity index (χ3n) is 9.63. The van der Waals surface area contributed by atoms with Crippen LogP contribution in [0.15, 0.2) is 74.8 Å². The van der Waals surface area contributed by atoms with E-state index in [0.29, 0.717) is 21.8 Å². The number of nitrogens with one attached hydrogen (secondary N) is 1. The van der Waals surface area contributed by atoms with Crippen molar-refractivity contribution in [3.05, 3.63) is 88.4 Å². The molecular formula is C40H47N9O3S3. The number of hydrogen-bond donors (Lipinski definition) is 1. The lowest BCUT2D eigenvalue weighted by Gasteiger charge is -2.30. The Hall–Kier alpha value is -4.62. The molecule has 4 aromatic heterocycles. The van der Waals surface area contributed by atoms with Crippen LogP contribution in [0.5, 0.6) is 0 Å². The molecule has 15 heteroatoms. The Labute approximate surface area is 334 Å². The summed E-state index contributed by atoms with van der Waals surface area (Å²) in [4.78, 5) is 43.5. The summed E-state index contributed by atoms with van der Waals surface area (Å²) < 4.78 is 8.86. The zero-order valence-corrected chi connectivity index (χ0v) is 34.3. The summed E-state index contributed by atoms with van der Waals surface area (Å²) in [6, 6.07) is 10.1. The molecule has 1 aromatic carbocycles. The van der Waals surface area contributed by atoms with Gasteiger partial charge in [-0.15, -0.1) is 23.1 Å². The summed E-state index contributed by atoms with van der Waals surface area (Å²) in [7, 11) is 1.76. The maximum atomic E-state index is 13.3. The maximum absolute atomic E-state index is 13.3. The molecule has 0 radical (unpaired) electrons. The lowest BCUT2D eigenvalue weighted by molar-refractivity contribution is -0.127. The number of piperidine rings is 1. The molecule has 1 aliphatic heterocycles. The minimum Gasteiger partial charge on any atom is -0.444 e. The number of carbonyl (C=O) groups excluding carboxylic acids is 2. The van der Waals surface area contributed by atoms with Crippen LogP contribution in [0.1, 0.15) is 81.6 Å². The van der Waals surface area contributed by atoms with Gasteiger partial charge in [0.05, 0.1) is 41.1 Å². The van der Waals surface area contributed by atoms with Crippen LogP contribution in [-0.2, 0) is 27.3 Å². The number of carbonyl (C=O) groups is 2. The van der Waals surface area contributed by atoms with E-state index in [1.165, 1.54) is 22.7 Å². The van der Waals surface area contributed by atoms with Crippen LogP contribution in [0, 0.1) is 17.2 Å². The Kier molecular flexibility index (Phi) is 13.4. The number of rotatable bonds is 15. The van der Waals surface area contributed by atoms with Crippen LogP contribution in [0.3, 0.4) is 0 Å². The Morgan fingerprint density at radius 2 is 1.89 bits per heavy atom. The Bertz CT molecular complexity index is 2100. The van der Waals surface area contributed by atoms with E-state index in [4.69, 9.17) is 4.42 Å². The summed E-state index contributed by atoms with van der Waals surface area (Å²) in [5.41, 5.74) is 3.07. The van der Waals surface area contributed by atoms with Crippen LogP contribution in [0.4, 0.5) is 5.13 Å². The fourth-order valence-electron chi connectivity index (χ4n) is 6.40. The van der Waals surface area contributed by atoms with Crippen molar-refractivity contribution in [2.45, 2.75) is 81.3 Å². The van der Waals surface area contributed by atoms with Gasteiger partial charge in [0.1, 0.15) is 22.4 Å². The number of thiazole rings is 2. The van der Waals surface area contributed by atoms with Crippen LogP contribution in [-0.4, -0.2) is 73.0 Å². The number of aromatic nitrogens is 5. The van der Waals surface area contributed by atoms with E-state index >= 15 is 0 Å². The largest absolute Gasteiger partial charge is 0.444 e. The quantitative estimate of drug-likeness (QED) is 0.0624. The first-order valence-electron chi connectivity index (χ1n) is 18.5. The smallest absolute Gasteiger partial charge is 0.264 e. The normalized spacial score (nSPS) is 14.8. The molecule has 1 N–H and O–H groups in total. The summed E-state index contributed by atoms with van der Waals surface area (Å²) in [6.45, 7) is 11.7. The average molecular weight is 798 g/mol. The van der Waals surface area contributed by atoms with Gasteiger partial charge in [0.2, 0.25) is 11.8 Å². The first-order chi connectivity index (χ1) is 26.5. The number of nitrogens with zero attached hydrogens (tertiary/aromatic N) is 8. The highest BCUT2D eigenvalue weighted by Crippen LogP contribution is 2.33. The number of thioether (sulfide) groups is 1. The van der Waals surface area contributed by atoms with Crippen molar-refractivity contribution in [1.82, 2.24) is 34.5 Å². The van der Waals surface area contributed by atoms with E-state index in [0.717, 1.165) is 78.5 Å². The molecule has 12 nitrogen and oxygen atoms in total. The van der Waals surface area contributed by atoms with E-state index in [-0.39, 0.29) is 34.8 Å². The lowest BCUT2D eigenvalue weighted by atomic mass is 9.94. The molecule has 55 heavy (non-hydrogen) atoms. The number of amides is 2. The Morgan fingerprint density at radius 3 is 2.56 bits per heavy atom. The molecule has 288 valence electrons. The predicted octanol–water partition coefficient (Wildman–Crippen LogP) is 8.30. The fourth-order valence-corrected chi connectivity index (χ4v) is 8.70. The highest BCUT2D eigenvalue weighted by atomic mass is 32.2. The van der Waals surface area contributed by atoms with Crippen LogP contribution in [0.2, 0.25) is 0 Å². The molecule has 1 saturated heterocycles. The van der Waals surface area contributed by atoms with Crippen molar-refractivity contribution in [2.24, 2.45) is 5.92 Å². The van der Waals surface area contributed by atoms with Crippen molar-refractivity contribution in [1.29, 1.82) is 5.26 Å². The SMILES string of the molecule is CCCC(c1ccc(-c2cnn(CCN3CCC(C(=O)Nc4ncc(SCc5ncc(C(C)(C)C)o5)s4)CC3)c2)cc1)N(C)C(=O)/C(C#N)=C/c1nccs1. The highest BCUT2D eigenvalue weighted by Gasteiger charge is 2.27. The average Bonchev–Trinajstić information content (AvgIpc) is 4.03. The zero-order chi connectivity index (χ0) is 39.0. The third kappa shape index (κ3) is 10.6. The number of anilines is 1. The number of nitriles is 1. The fraction of sp³-hybridized carbons (Fsp3) is 0.425. The summed E-state index contributed by atoms with van der Waals surface area (Å²) in [5, 5.41) is 20.4. The first kappa shape index (κ1) is 40.1. The van der Waals surface area contributed by atoms with Crippen molar-refractivity contribution in [3.63, 3.8) is 0 Å². The van der Waals surface area contributed by atoms with Gasteiger partial charge >= 0.3 is 0 Å². The number of oxazole rings is 1. The van der Waals surface area contributed by atoms with Gasteiger partial charge in [-0.3, -0.25) is 14.3 Å². The number of likely N-dealkylation sites (tertiary alicyclic amines) is 1. The molecule has 0 spiro atoms. The van der Waals surface area contributed by atoms with Crippen molar-refractivity contribution >= 4 is 57.5 Å². The van der Waals surface area contributed by atoms with Gasteiger partial charge in [-0.25, -0.2) is 15.0 Å². The van der Waals surface area contributed by atoms with E-state index < -0.39 is 0 Å². The second-order valence-electron chi connectivity index (χ2n) is 14.6. The van der Waals surface area contributed by atoms with Crippen LogP contribution in [0.25, 0.3) is 17.2 Å². The molecule has 0 aliphatic carbocycles. The van der Waals surface area contributed by atoms with Gasteiger partial charge in [0.15, 0.2) is 5.13 Å². The summed E-state index contributed by atoms with van der Waals surface area (Å²) in [5.74, 6) is 1.84. The molecule has 5 aromatic rings. The van der Waals surface area contributed by atoms with Gasteiger partial charge in [-0.2, -0.15) is 10.4 Å². The third-order valence-corrected chi connectivity index (χ3v) is 12.4. The van der Waals surface area contributed by atoms with Crippen LogP contribution < -0.4 is 5.32 Å². The second-order valence-corrected chi connectivity index (χ2v) is 17.9. The summed E-state index contributed by atoms with van der Waals surface area (Å²) >= 11 is 4.47.